The molecule has 0 N–H and O–H groups in total. The van der Waals surface area contributed by atoms with Crippen LogP contribution in [0.1, 0.15) is 0 Å². The molecule has 0 saturated carbocycles. The molecule has 0 saturated heterocycles. The van der Waals surface area contributed by atoms with Gasteiger partial charge in [0.15, 0.2) is 0 Å². The van der Waals surface area contributed by atoms with Crippen LogP contribution in [-0.4, -0.2) is 8.07 Å². The monoisotopic (exact) mass is 490 g/mol. The van der Waals surface area contributed by atoms with Crippen LogP contribution in [0.2, 0.25) is 19.6 Å². The lowest BCUT2D eigenvalue weighted by atomic mass is 10.0. The highest BCUT2D eigenvalue weighted by atomic mass is 32.2. The molecule has 8 heteroatoms. The Labute approximate surface area is 182 Å². The summed E-state index contributed by atoms with van der Waals surface area (Å²) in [6.07, 6.45) is 0. The van der Waals surface area contributed by atoms with Crippen LogP contribution in [0.4, 0.5) is 0 Å². The van der Waals surface area contributed by atoms with Crippen molar-refractivity contribution in [3.63, 3.8) is 0 Å². The molecular weight excluding hydrogens is 481 g/mol. The molecule has 132 valence electrons. The van der Waals surface area contributed by atoms with E-state index >= 15 is 0 Å². The van der Waals surface area contributed by atoms with E-state index in [0.29, 0.717) is 0 Å². The Bertz CT molecular complexity index is 1810. The Balaban J connectivity index is 1.91. The number of hydrogen-bond acceptors (Lipinski definition) is 7. The second kappa shape index (κ2) is 4.54. The molecule has 8 rings (SSSR count). The normalized spacial score (nSPS) is 14.5. The van der Waals surface area contributed by atoms with Crippen molar-refractivity contribution < 1.29 is 0 Å². The van der Waals surface area contributed by atoms with E-state index < -0.39 is 8.07 Å². The first-order valence-corrected chi connectivity index (χ1v) is 18.0. The number of fused-ring (bicyclic) bond motifs is 1. The summed E-state index contributed by atoms with van der Waals surface area (Å²) in [5.41, 5.74) is 0. The maximum atomic E-state index is 2.52. The summed E-state index contributed by atoms with van der Waals surface area (Å²) in [5.74, 6) is 0. The van der Waals surface area contributed by atoms with Crippen LogP contribution in [0.25, 0.3) is 67.2 Å². The number of hydrogen-bond donors (Lipinski definition) is 0. The third-order valence-corrected chi connectivity index (χ3v) is 17.8. The lowest BCUT2D eigenvalue weighted by Gasteiger charge is -2.14. The third kappa shape index (κ3) is 1.61. The van der Waals surface area contributed by atoms with Crippen LogP contribution in [-0.2, 0) is 0 Å². The smallest absolute Gasteiger partial charge is 0.0913 e. The molecule has 8 aromatic rings. The Morgan fingerprint density at radius 1 is 0.519 bits per heavy atom. The van der Waals surface area contributed by atoms with Gasteiger partial charge in [0.2, 0.25) is 0 Å². The van der Waals surface area contributed by atoms with Crippen molar-refractivity contribution >= 4 is 159 Å². The van der Waals surface area contributed by atoms with Crippen LogP contribution in [0.15, 0.2) is 5.38 Å². The standard InChI is InChI=1S/C19H10S7Si/c1-27(2,3)19-7-5-4-20-13-6(5)8-10-12-11-9(7)18(26-19)25-16(11)24-17(12)23-15(10)22-14(8)21-13/h4H,1-3H3. The summed E-state index contributed by atoms with van der Waals surface area (Å²) < 4.78 is 11.0. The molecule has 7 heterocycles. The van der Waals surface area contributed by atoms with Crippen molar-refractivity contribution in [2.24, 2.45) is 0 Å². The van der Waals surface area contributed by atoms with Gasteiger partial charge in [0, 0.05) is 48.5 Å². The highest BCUT2D eigenvalue weighted by Gasteiger charge is 2.31. The van der Waals surface area contributed by atoms with E-state index in [4.69, 9.17) is 0 Å². The molecule has 0 spiro atoms. The fourth-order valence-corrected chi connectivity index (χ4v) is 17.5. The maximum absolute atomic E-state index is 2.52. The van der Waals surface area contributed by atoms with Gasteiger partial charge in [0.05, 0.1) is 32.2 Å². The lowest BCUT2D eigenvalue weighted by Crippen LogP contribution is -2.35. The predicted molar refractivity (Wildman–Crippen MR) is 139 cm³/mol. The van der Waals surface area contributed by atoms with Crippen molar-refractivity contribution in [3.05, 3.63) is 5.38 Å². The molecule has 7 aromatic heterocycles. The van der Waals surface area contributed by atoms with E-state index in [1.807, 2.05) is 56.7 Å². The van der Waals surface area contributed by atoms with E-state index in [0.717, 1.165) is 0 Å². The molecule has 1 aromatic carbocycles. The maximum Gasteiger partial charge on any atom is 0.0913 e. The summed E-state index contributed by atoms with van der Waals surface area (Å²) >= 11 is 14.3. The van der Waals surface area contributed by atoms with Crippen LogP contribution in [0.3, 0.4) is 0 Å². The van der Waals surface area contributed by atoms with Gasteiger partial charge in [-0.2, -0.15) is 0 Å². The van der Waals surface area contributed by atoms with E-state index in [-0.39, 0.29) is 0 Å². The lowest BCUT2D eigenvalue weighted by molar-refractivity contribution is 1.81. The Morgan fingerprint density at radius 2 is 0.963 bits per heavy atom. The first kappa shape index (κ1) is 15.5. The molecular formula is C19H10S7Si. The molecule has 0 atom stereocenters. The molecule has 0 bridgehead atoms. The predicted octanol–water partition coefficient (Wildman–Crippen LogP) is 9.61. The van der Waals surface area contributed by atoms with Crippen molar-refractivity contribution in [3.8, 4) is 0 Å². The average molecular weight is 491 g/mol. The molecule has 0 fully saturated rings. The van der Waals surface area contributed by atoms with Gasteiger partial charge < -0.3 is 0 Å². The largest absolute Gasteiger partial charge is 0.133 e. The summed E-state index contributed by atoms with van der Waals surface area (Å²) in [7, 11) is -1.42. The number of rotatable bonds is 1. The van der Waals surface area contributed by atoms with Crippen molar-refractivity contribution in [2.75, 3.05) is 0 Å². The zero-order valence-corrected chi connectivity index (χ0v) is 21.2. The third-order valence-electron chi connectivity index (χ3n) is 5.58. The molecule has 0 nitrogen and oxygen atoms in total. The van der Waals surface area contributed by atoms with Crippen LogP contribution in [0, 0.1) is 0 Å². The topological polar surface area (TPSA) is 0 Å². The van der Waals surface area contributed by atoms with Gasteiger partial charge in [0.1, 0.15) is 0 Å². The molecule has 0 aliphatic heterocycles. The fraction of sp³-hybridized carbons (Fsp3) is 0.158. The van der Waals surface area contributed by atoms with E-state index in [1.165, 1.54) is 4.01 Å². The summed E-state index contributed by atoms with van der Waals surface area (Å²) in [4.78, 5) is 0. The molecule has 0 unspecified atom stereocenters. The summed E-state index contributed by atoms with van der Waals surface area (Å²) in [6, 6.07) is 0. The van der Waals surface area contributed by atoms with Crippen molar-refractivity contribution in [2.45, 2.75) is 19.6 Å². The fourth-order valence-electron chi connectivity index (χ4n) is 4.56. The van der Waals surface area contributed by atoms with Gasteiger partial charge >= 0.3 is 0 Å². The molecule has 0 aliphatic carbocycles. The van der Waals surface area contributed by atoms with Gasteiger partial charge in [-0.05, 0) is 4.50 Å². The van der Waals surface area contributed by atoms with Gasteiger partial charge in [-0.3, -0.25) is 0 Å². The van der Waals surface area contributed by atoms with Gasteiger partial charge in [-0.25, -0.2) is 0 Å². The number of thiophene rings is 7. The minimum absolute atomic E-state index is 1.42. The van der Waals surface area contributed by atoms with Crippen LogP contribution >= 0.6 is 79.4 Å². The van der Waals surface area contributed by atoms with Crippen molar-refractivity contribution in [1.82, 2.24) is 0 Å². The SMILES string of the molecule is C[Si](C)(C)c1sc2sc3sc4sc5sc6sc7scc8c1c2c3c4c5c6c78. The quantitative estimate of drug-likeness (QED) is 0.201. The zero-order chi connectivity index (χ0) is 17.8. The van der Waals surface area contributed by atoms with E-state index in [9.17, 15) is 0 Å². The first-order valence-electron chi connectivity index (χ1n) is 8.68. The van der Waals surface area contributed by atoms with Crippen LogP contribution in [0.5, 0.6) is 0 Å². The van der Waals surface area contributed by atoms with E-state index in [1.54, 1.807) is 67.7 Å². The van der Waals surface area contributed by atoms with E-state index in [2.05, 4.69) is 47.7 Å². The highest BCUT2D eigenvalue weighted by Crippen LogP contribution is 2.60. The van der Waals surface area contributed by atoms with Crippen LogP contribution < -0.4 is 4.50 Å². The average Bonchev–Trinajstić information content (AvgIpc) is 3.30. The Kier molecular flexibility index (Phi) is 2.61. The Morgan fingerprint density at radius 3 is 1.52 bits per heavy atom. The highest BCUT2D eigenvalue weighted by molar-refractivity contribution is 7.61. The molecule has 0 amide bonds. The molecule has 0 radical (unpaired) electrons. The minimum atomic E-state index is -1.42. The minimum Gasteiger partial charge on any atom is -0.133 e. The summed E-state index contributed by atoms with van der Waals surface area (Å²) in [5, 5.41) is 15.1. The Hall–Kier alpha value is -0.323. The molecule has 0 aliphatic rings. The van der Waals surface area contributed by atoms with Gasteiger partial charge in [-0.15, -0.1) is 79.4 Å². The second-order valence-corrected chi connectivity index (χ2v) is 22.1. The summed E-state index contributed by atoms with van der Waals surface area (Å²) in [6.45, 7) is 7.55. The zero-order valence-electron chi connectivity index (χ0n) is 14.4. The first-order chi connectivity index (χ1) is 13.0. The van der Waals surface area contributed by atoms with Gasteiger partial charge in [0.25, 0.3) is 0 Å². The van der Waals surface area contributed by atoms with Crippen molar-refractivity contribution in [1.29, 1.82) is 0 Å². The molecule has 27 heavy (non-hydrogen) atoms. The second-order valence-electron chi connectivity index (χ2n) is 8.19. The van der Waals surface area contributed by atoms with Gasteiger partial charge in [-0.1, -0.05) is 19.6 Å².